The molecule has 0 radical (unpaired) electrons. The van der Waals surface area contributed by atoms with Crippen molar-refractivity contribution in [2.45, 2.75) is 31.4 Å². The minimum atomic E-state index is 0.367. The van der Waals surface area contributed by atoms with Crippen molar-refractivity contribution in [3.8, 4) is 0 Å². The van der Waals surface area contributed by atoms with E-state index < -0.39 is 0 Å². The fraction of sp³-hybridized carbons (Fsp3) is 0.400. The van der Waals surface area contributed by atoms with Crippen LogP contribution in [0.3, 0.4) is 0 Å². The van der Waals surface area contributed by atoms with Crippen molar-refractivity contribution in [2.75, 3.05) is 18.2 Å². The lowest BCUT2D eigenvalue weighted by Gasteiger charge is -2.17. The number of nitrogen functional groups attached to an aromatic ring is 1. The molecule has 1 aromatic heterocycles. The molecule has 0 spiro atoms. The lowest BCUT2D eigenvalue weighted by Crippen LogP contribution is -2.18. The molecule has 2 unspecified atom stereocenters. The van der Waals surface area contributed by atoms with E-state index in [9.17, 15) is 0 Å². The number of hydrogen-bond donors (Lipinski definition) is 2. The molecule has 2 atom stereocenters. The van der Waals surface area contributed by atoms with E-state index in [4.69, 9.17) is 10.5 Å². The Kier molecular flexibility index (Phi) is 3.25. The number of pyridine rings is 1. The zero-order valence-corrected chi connectivity index (χ0v) is 11.1. The highest BCUT2D eigenvalue weighted by Crippen LogP contribution is 2.31. The molecular formula is C15H19N3O. The zero-order chi connectivity index (χ0) is 13.2. The van der Waals surface area contributed by atoms with Crippen molar-refractivity contribution in [3.63, 3.8) is 0 Å². The van der Waals surface area contributed by atoms with Gasteiger partial charge in [-0.2, -0.15) is 0 Å². The Morgan fingerprint density at radius 1 is 1.32 bits per heavy atom. The van der Waals surface area contributed by atoms with Gasteiger partial charge in [0.05, 0.1) is 29.2 Å². The number of rotatable bonds is 3. The molecule has 19 heavy (non-hydrogen) atoms. The van der Waals surface area contributed by atoms with E-state index in [0.29, 0.717) is 17.8 Å². The van der Waals surface area contributed by atoms with Crippen LogP contribution in [0.5, 0.6) is 0 Å². The lowest BCUT2D eigenvalue weighted by molar-refractivity contribution is 0.108. The highest BCUT2D eigenvalue weighted by atomic mass is 16.5. The van der Waals surface area contributed by atoms with E-state index in [0.717, 1.165) is 35.9 Å². The van der Waals surface area contributed by atoms with Gasteiger partial charge in [0.1, 0.15) is 0 Å². The molecule has 4 nitrogen and oxygen atoms in total. The van der Waals surface area contributed by atoms with Crippen LogP contribution in [0.2, 0.25) is 0 Å². The summed E-state index contributed by atoms with van der Waals surface area (Å²) in [4.78, 5) is 4.36. The lowest BCUT2D eigenvalue weighted by atomic mass is 10.1. The van der Waals surface area contributed by atoms with Crippen molar-refractivity contribution >= 4 is 22.3 Å². The first-order chi connectivity index (χ1) is 9.28. The summed E-state index contributed by atoms with van der Waals surface area (Å²) in [5.41, 5.74) is 8.76. The summed E-state index contributed by atoms with van der Waals surface area (Å²) in [6, 6.07) is 8.50. The van der Waals surface area contributed by atoms with Crippen molar-refractivity contribution < 1.29 is 4.74 Å². The summed E-state index contributed by atoms with van der Waals surface area (Å²) >= 11 is 0. The van der Waals surface area contributed by atoms with Gasteiger partial charge in [0.2, 0.25) is 0 Å². The van der Waals surface area contributed by atoms with Crippen LogP contribution in [0, 0.1) is 0 Å². The van der Waals surface area contributed by atoms with Crippen LogP contribution >= 0.6 is 0 Å². The number of aromatic nitrogens is 1. The highest BCUT2D eigenvalue weighted by Gasteiger charge is 2.25. The van der Waals surface area contributed by atoms with E-state index in [2.05, 4.69) is 16.4 Å². The molecule has 1 fully saturated rings. The molecule has 0 bridgehead atoms. The molecule has 1 aliphatic carbocycles. The first-order valence-corrected chi connectivity index (χ1v) is 6.70. The van der Waals surface area contributed by atoms with Gasteiger partial charge in [0.15, 0.2) is 0 Å². The summed E-state index contributed by atoms with van der Waals surface area (Å²) in [5.74, 6) is 0. The quantitative estimate of drug-likeness (QED) is 0.887. The maximum Gasteiger partial charge on any atom is 0.0743 e. The number of nitrogens with zero attached hydrogens (tertiary/aromatic N) is 1. The summed E-state index contributed by atoms with van der Waals surface area (Å²) in [6.07, 6.45) is 5.36. The van der Waals surface area contributed by atoms with Gasteiger partial charge in [-0.15, -0.1) is 0 Å². The molecule has 3 N–H and O–H groups in total. The molecule has 0 amide bonds. The first kappa shape index (κ1) is 12.2. The maximum absolute atomic E-state index is 6.08. The van der Waals surface area contributed by atoms with Gasteiger partial charge in [-0.25, -0.2) is 0 Å². The van der Waals surface area contributed by atoms with E-state index >= 15 is 0 Å². The summed E-state index contributed by atoms with van der Waals surface area (Å²) in [6.45, 7) is 0. The Labute approximate surface area is 113 Å². The fourth-order valence-electron chi connectivity index (χ4n) is 2.81. The monoisotopic (exact) mass is 257 g/mol. The Balaban J connectivity index is 1.90. The number of nitrogens with two attached hydrogens (primary N) is 1. The molecule has 0 aliphatic heterocycles. The molecule has 1 aliphatic rings. The SMILES string of the molecule is COC1CCC(Nc2c(N)cnc3ccccc23)C1. The van der Waals surface area contributed by atoms with Crippen molar-refractivity contribution in [1.29, 1.82) is 0 Å². The molecule has 1 aromatic carbocycles. The minimum absolute atomic E-state index is 0.367. The van der Waals surface area contributed by atoms with Crippen LogP contribution in [-0.2, 0) is 4.74 Å². The van der Waals surface area contributed by atoms with Gasteiger partial charge >= 0.3 is 0 Å². The smallest absolute Gasteiger partial charge is 0.0743 e. The molecular weight excluding hydrogens is 238 g/mol. The number of methoxy groups -OCH3 is 1. The van der Waals surface area contributed by atoms with E-state index in [-0.39, 0.29) is 0 Å². The van der Waals surface area contributed by atoms with Crippen LogP contribution in [0.25, 0.3) is 10.9 Å². The Morgan fingerprint density at radius 2 is 2.16 bits per heavy atom. The van der Waals surface area contributed by atoms with Crippen molar-refractivity contribution in [1.82, 2.24) is 4.98 Å². The van der Waals surface area contributed by atoms with Crippen LogP contribution in [0.1, 0.15) is 19.3 Å². The van der Waals surface area contributed by atoms with E-state index in [1.165, 1.54) is 0 Å². The van der Waals surface area contributed by atoms with Crippen LogP contribution in [-0.4, -0.2) is 24.2 Å². The zero-order valence-electron chi connectivity index (χ0n) is 11.1. The second kappa shape index (κ2) is 5.05. The molecule has 4 heteroatoms. The predicted octanol–water partition coefficient (Wildman–Crippen LogP) is 2.80. The highest BCUT2D eigenvalue weighted by molar-refractivity contribution is 5.96. The van der Waals surface area contributed by atoms with Gasteiger partial charge in [-0.3, -0.25) is 4.98 Å². The van der Waals surface area contributed by atoms with Gasteiger partial charge in [-0.05, 0) is 25.3 Å². The van der Waals surface area contributed by atoms with Crippen LogP contribution in [0.15, 0.2) is 30.5 Å². The Hall–Kier alpha value is -1.81. The topological polar surface area (TPSA) is 60.2 Å². The number of benzene rings is 1. The third kappa shape index (κ3) is 2.36. The number of hydrogen-bond acceptors (Lipinski definition) is 4. The first-order valence-electron chi connectivity index (χ1n) is 6.70. The molecule has 3 rings (SSSR count). The normalized spacial score (nSPS) is 22.8. The van der Waals surface area contributed by atoms with Gasteiger partial charge in [0.25, 0.3) is 0 Å². The Bertz CT molecular complexity index is 585. The van der Waals surface area contributed by atoms with Gasteiger partial charge in [0, 0.05) is 18.5 Å². The average Bonchev–Trinajstić information content (AvgIpc) is 2.90. The number of para-hydroxylation sites is 1. The number of anilines is 2. The second-order valence-electron chi connectivity index (χ2n) is 5.12. The van der Waals surface area contributed by atoms with Gasteiger partial charge < -0.3 is 15.8 Å². The largest absolute Gasteiger partial charge is 0.396 e. The molecule has 2 aromatic rings. The number of ether oxygens (including phenoxy) is 1. The summed E-state index contributed by atoms with van der Waals surface area (Å²) in [5, 5.41) is 4.66. The summed E-state index contributed by atoms with van der Waals surface area (Å²) in [7, 11) is 1.78. The van der Waals surface area contributed by atoms with Gasteiger partial charge in [-0.1, -0.05) is 18.2 Å². The minimum Gasteiger partial charge on any atom is -0.396 e. The van der Waals surface area contributed by atoms with E-state index in [1.54, 1.807) is 13.3 Å². The van der Waals surface area contributed by atoms with E-state index in [1.807, 2.05) is 18.2 Å². The fourth-order valence-corrected chi connectivity index (χ4v) is 2.81. The standard InChI is InChI=1S/C15H19N3O/c1-19-11-7-6-10(8-11)18-15-12-4-2-3-5-14(12)17-9-13(15)16/h2-5,9-11H,6-8,16H2,1H3,(H,17,18). The average molecular weight is 257 g/mol. The third-order valence-corrected chi connectivity index (χ3v) is 3.87. The Morgan fingerprint density at radius 3 is 2.95 bits per heavy atom. The second-order valence-corrected chi connectivity index (χ2v) is 5.12. The molecule has 100 valence electrons. The molecule has 1 heterocycles. The van der Waals surface area contributed by atoms with Crippen LogP contribution in [0.4, 0.5) is 11.4 Å². The van der Waals surface area contributed by atoms with Crippen molar-refractivity contribution in [2.24, 2.45) is 0 Å². The number of fused-ring (bicyclic) bond motifs is 1. The number of nitrogens with one attached hydrogen (secondary N) is 1. The predicted molar refractivity (Wildman–Crippen MR) is 78.2 cm³/mol. The molecule has 0 saturated heterocycles. The van der Waals surface area contributed by atoms with Crippen molar-refractivity contribution in [3.05, 3.63) is 30.5 Å². The maximum atomic E-state index is 6.08. The molecule has 1 saturated carbocycles. The third-order valence-electron chi connectivity index (χ3n) is 3.87. The van der Waals surface area contributed by atoms with Crippen LogP contribution < -0.4 is 11.1 Å². The summed E-state index contributed by atoms with van der Waals surface area (Å²) < 4.78 is 5.41.